The molecule has 6 N–H and O–H groups in total. The van der Waals surface area contributed by atoms with Gasteiger partial charge in [0.1, 0.15) is 6.04 Å². The minimum atomic E-state index is -0.982. The predicted molar refractivity (Wildman–Crippen MR) is 234 cm³/mol. The largest absolute Gasteiger partial charge is 0.480 e. The molecule has 2 aliphatic rings. The van der Waals surface area contributed by atoms with E-state index in [0.29, 0.717) is 69.2 Å². The number of hydrogen-bond acceptors (Lipinski definition) is 7. The molecule has 5 unspecified atom stereocenters. The number of amides is 2. The third-order valence-corrected chi connectivity index (χ3v) is 11.6. The van der Waals surface area contributed by atoms with E-state index in [0.717, 1.165) is 77.2 Å². The lowest BCUT2D eigenvalue weighted by Crippen LogP contribution is -2.34. The zero-order chi connectivity index (χ0) is 41.2. The number of carboxylic acids is 1. The topological polar surface area (TPSA) is 159 Å². The highest BCUT2D eigenvalue weighted by atomic mass is 16.6. The molecule has 2 rings (SSSR count). The highest BCUT2D eigenvalue weighted by molar-refractivity contribution is 5.76. The van der Waals surface area contributed by atoms with E-state index in [1.54, 1.807) is 0 Å². The molecule has 2 amide bonds. The van der Waals surface area contributed by atoms with Gasteiger partial charge in [-0.1, -0.05) is 115 Å². The van der Waals surface area contributed by atoms with E-state index in [1.807, 2.05) is 0 Å². The van der Waals surface area contributed by atoms with Crippen molar-refractivity contribution < 1.29 is 29.0 Å². The molecular formula is C47H86N4O6. The predicted octanol–water partition coefficient (Wildman–Crippen LogP) is 9.45. The molecule has 2 fully saturated rings. The number of carbonyl (C=O) groups is 3. The Morgan fingerprint density at radius 2 is 1.00 bits per heavy atom. The Bertz CT molecular complexity index is 1020. The van der Waals surface area contributed by atoms with Crippen LogP contribution in [0.3, 0.4) is 0 Å². The maximum absolute atomic E-state index is 12.5. The van der Waals surface area contributed by atoms with Gasteiger partial charge in [-0.3, -0.25) is 14.4 Å². The van der Waals surface area contributed by atoms with Crippen LogP contribution in [0.4, 0.5) is 0 Å². The van der Waals surface area contributed by atoms with Crippen LogP contribution in [0.5, 0.6) is 0 Å². The zero-order valence-electron chi connectivity index (χ0n) is 36.5. The summed E-state index contributed by atoms with van der Waals surface area (Å²) in [5, 5.41) is 18.6. The molecule has 0 bridgehead atoms. The normalized spacial score (nSPS) is 19.9. The SMILES string of the molecule is CCCCCC1OC1CC=CCCCCCCCC(=O)NCCC(CCNCCC(N)C(=O)O)CCNC(=O)CCCCCCCC=CCC1OC1CCCCC. The second-order valence-corrected chi connectivity index (χ2v) is 16.9. The minimum Gasteiger partial charge on any atom is -0.480 e. The fourth-order valence-corrected chi connectivity index (χ4v) is 7.58. The van der Waals surface area contributed by atoms with Crippen LogP contribution < -0.4 is 21.7 Å². The van der Waals surface area contributed by atoms with Crippen molar-refractivity contribution in [1.29, 1.82) is 0 Å². The van der Waals surface area contributed by atoms with Gasteiger partial charge in [-0.25, -0.2) is 0 Å². The van der Waals surface area contributed by atoms with Crippen molar-refractivity contribution in [3.8, 4) is 0 Å². The maximum atomic E-state index is 12.5. The van der Waals surface area contributed by atoms with Crippen molar-refractivity contribution in [3.63, 3.8) is 0 Å². The van der Waals surface area contributed by atoms with Gasteiger partial charge in [-0.2, -0.15) is 0 Å². The summed E-state index contributed by atoms with van der Waals surface area (Å²) in [6, 6.07) is -0.857. The average Bonchev–Trinajstić information content (AvgIpc) is 4.13. The summed E-state index contributed by atoms with van der Waals surface area (Å²) in [6.45, 7) is 7.03. The molecular weight excluding hydrogens is 717 g/mol. The fraction of sp³-hybridized carbons (Fsp3) is 0.851. The molecule has 0 saturated carbocycles. The molecule has 10 nitrogen and oxygen atoms in total. The summed E-state index contributed by atoms with van der Waals surface area (Å²) in [7, 11) is 0. The number of epoxide rings is 2. The number of hydrogen-bond donors (Lipinski definition) is 5. The Labute approximate surface area is 348 Å². The third kappa shape index (κ3) is 29.6. The lowest BCUT2D eigenvalue weighted by molar-refractivity contribution is -0.138. The molecule has 10 heteroatoms. The average molecular weight is 803 g/mol. The van der Waals surface area contributed by atoms with Gasteiger partial charge >= 0.3 is 5.97 Å². The number of carboxylic acid groups (broad SMARTS) is 1. The van der Waals surface area contributed by atoms with E-state index in [1.165, 1.54) is 89.9 Å². The van der Waals surface area contributed by atoms with Crippen molar-refractivity contribution in [1.82, 2.24) is 16.0 Å². The van der Waals surface area contributed by atoms with Gasteiger partial charge in [-0.15, -0.1) is 0 Å². The Hall–Kier alpha value is -2.27. The maximum Gasteiger partial charge on any atom is 0.320 e. The Morgan fingerprint density at radius 1 is 0.561 bits per heavy atom. The van der Waals surface area contributed by atoms with Gasteiger partial charge in [0.2, 0.25) is 11.8 Å². The van der Waals surface area contributed by atoms with Gasteiger partial charge in [0.25, 0.3) is 0 Å². The van der Waals surface area contributed by atoms with E-state index >= 15 is 0 Å². The summed E-state index contributed by atoms with van der Waals surface area (Å²) in [4.78, 5) is 36.1. The fourth-order valence-electron chi connectivity index (χ4n) is 7.58. The van der Waals surface area contributed by atoms with E-state index < -0.39 is 12.0 Å². The first kappa shape index (κ1) is 50.9. The zero-order valence-corrected chi connectivity index (χ0v) is 36.5. The quantitative estimate of drug-likeness (QED) is 0.0232. The summed E-state index contributed by atoms with van der Waals surface area (Å²) in [5.74, 6) is -0.411. The van der Waals surface area contributed by atoms with Crippen molar-refractivity contribution in [2.24, 2.45) is 11.7 Å². The molecule has 5 atom stereocenters. The van der Waals surface area contributed by atoms with Crippen LogP contribution in [0.25, 0.3) is 0 Å². The lowest BCUT2D eigenvalue weighted by Gasteiger charge is -2.18. The summed E-state index contributed by atoms with van der Waals surface area (Å²) >= 11 is 0. The van der Waals surface area contributed by atoms with Crippen LogP contribution in [-0.4, -0.2) is 79.5 Å². The third-order valence-electron chi connectivity index (χ3n) is 11.6. The second-order valence-electron chi connectivity index (χ2n) is 16.9. The number of unbranched alkanes of at least 4 members (excludes halogenated alkanes) is 14. The highest BCUT2D eigenvalue weighted by Crippen LogP contribution is 2.31. The van der Waals surface area contributed by atoms with Crippen LogP contribution in [0.2, 0.25) is 0 Å². The van der Waals surface area contributed by atoms with E-state index in [9.17, 15) is 14.4 Å². The molecule has 2 heterocycles. The molecule has 0 aromatic carbocycles. The smallest absolute Gasteiger partial charge is 0.320 e. The van der Waals surface area contributed by atoms with Crippen molar-refractivity contribution in [3.05, 3.63) is 24.3 Å². The number of aliphatic carboxylic acids is 1. The molecule has 0 aliphatic carbocycles. The van der Waals surface area contributed by atoms with Crippen LogP contribution in [0.15, 0.2) is 24.3 Å². The lowest BCUT2D eigenvalue weighted by atomic mass is 9.97. The van der Waals surface area contributed by atoms with Gasteiger partial charge in [0, 0.05) is 25.9 Å². The van der Waals surface area contributed by atoms with Crippen molar-refractivity contribution >= 4 is 17.8 Å². The standard InChI is InChI=1S/C47H86N4O6/c1-3-5-19-25-41-43(56-41)27-21-15-11-7-9-13-17-23-29-45(52)50-37-32-39(31-35-49-36-34-40(48)47(54)55)33-38-51-46(53)30-24-18-14-10-8-12-16-22-28-44-42(57-44)26-20-6-4-2/h15-16,21-22,39-44,49H,3-14,17-20,23-38,48H2,1-2H3,(H,50,52)(H,51,53)(H,54,55). The summed E-state index contributed by atoms with van der Waals surface area (Å²) in [5.41, 5.74) is 5.63. The molecule has 0 aromatic rings. The molecule has 0 radical (unpaired) electrons. The van der Waals surface area contributed by atoms with Crippen molar-refractivity contribution in [2.75, 3.05) is 26.2 Å². The highest BCUT2D eigenvalue weighted by Gasteiger charge is 2.37. The van der Waals surface area contributed by atoms with E-state index in [2.05, 4.69) is 54.1 Å². The van der Waals surface area contributed by atoms with Gasteiger partial charge in [-0.05, 0) is 109 Å². The number of nitrogens with one attached hydrogen (secondary N) is 3. The summed E-state index contributed by atoms with van der Waals surface area (Å²) < 4.78 is 11.5. The van der Waals surface area contributed by atoms with Crippen LogP contribution >= 0.6 is 0 Å². The van der Waals surface area contributed by atoms with Gasteiger partial charge in [0.15, 0.2) is 0 Å². The van der Waals surface area contributed by atoms with Gasteiger partial charge in [0.05, 0.1) is 24.4 Å². The summed E-state index contributed by atoms with van der Waals surface area (Å²) in [6.07, 6.45) is 40.9. The first-order valence-electron chi connectivity index (χ1n) is 23.7. The minimum absolute atomic E-state index is 0.118. The number of ether oxygens (including phenoxy) is 2. The molecule has 330 valence electrons. The number of nitrogens with two attached hydrogens (primary N) is 1. The van der Waals surface area contributed by atoms with Crippen molar-refractivity contribution in [2.45, 2.75) is 224 Å². The van der Waals surface area contributed by atoms with Crippen LogP contribution in [0.1, 0.15) is 194 Å². The van der Waals surface area contributed by atoms with Crippen LogP contribution in [0, 0.1) is 5.92 Å². The number of allylic oxidation sites excluding steroid dienone is 2. The molecule has 2 aliphatic heterocycles. The first-order chi connectivity index (χ1) is 27.8. The first-order valence-corrected chi connectivity index (χ1v) is 23.7. The van der Waals surface area contributed by atoms with Crippen LogP contribution in [-0.2, 0) is 23.9 Å². The van der Waals surface area contributed by atoms with Gasteiger partial charge < -0.3 is 36.3 Å². The van der Waals surface area contributed by atoms with E-state index in [-0.39, 0.29) is 11.8 Å². The Morgan fingerprint density at radius 3 is 1.47 bits per heavy atom. The monoisotopic (exact) mass is 803 g/mol. The molecule has 57 heavy (non-hydrogen) atoms. The Kier molecular flexibility index (Phi) is 30.9. The molecule has 0 spiro atoms. The molecule has 0 aromatic heterocycles. The number of carbonyl (C=O) groups excluding carboxylic acids is 2. The number of rotatable bonds is 41. The molecule has 2 saturated heterocycles. The van der Waals surface area contributed by atoms with E-state index in [4.69, 9.17) is 20.3 Å². The Balaban J connectivity index is 1.48. The second kappa shape index (κ2) is 34.6.